The van der Waals surface area contributed by atoms with Gasteiger partial charge in [-0.25, -0.2) is 4.79 Å². The van der Waals surface area contributed by atoms with Crippen LogP contribution in [-0.4, -0.2) is 47.6 Å². The van der Waals surface area contributed by atoms with E-state index in [0.29, 0.717) is 6.54 Å². The lowest BCUT2D eigenvalue weighted by Gasteiger charge is -2.23. The van der Waals surface area contributed by atoms with Crippen molar-refractivity contribution in [1.29, 1.82) is 0 Å². The van der Waals surface area contributed by atoms with Crippen molar-refractivity contribution < 1.29 is 14.7 Å². The van der Waals surface area contributed by atoms with Crippen LogP contribution in [-0.2, 0) is 9.59 Å². The highest BCUT2D eigenvalue weighted by molar-refractivity contribution is 5.87. The smallest absolute Gasteiger partial charge is 0.328 e. The number of nitrogens with zero attached hydrogens (tertiary/aromatic N) is 1. The molecule has 1 rings (SSSR count). The number of aliphatic carboxylic acids is 1. The summed E-state index contributed by atoms with van der Waals surface area (Å²) >= 11 is 0. The van der Waals surface area contributed by atoms with Gasteiger partial charge in [-0.05, 0) is 33.9 Å². The van der Waals surface area contributed by atoms with Crippen LogP contribution in [0.15, 0.2) is 0 Å². The summed E-state index contributed by atoms with van der Waals surface area (Å²) in [7, 11) is 1.95. The maximum Gasteiger partial charge on any atom is 0.328 e. The molecule has 1 fully saturated rings. The zero-order valence-corrected chi connectivity index (χ0v) is 9.41. The Labute approximate surface area is 89.4 Å². The molecule has 0 saturated carbocycles. The van der Waals surface area contributed by atoms with Crippen molar-refractivity contribution in [1.82, 2.24) is 10.2 Å². The van der Waals surface area contributed by atoms with E-state index in [9.17, 15) is 9.59 Å². The Morgan fingerprint density at radius 3 is 2.47 bits per heavy atom. The van der Waals surface area contributed by atoms with Crippen LogP contribution in [0.4, 0.5) is 0 Å². The van der Waals surface area contributed by atoms with E-state index >= 15 is 0 Å². The lowest BCUT2D eigenvalue weighted by Crippen LogP contribution is -2.51. The van der Waals surface area contributed by atoms with Crippen molar-refractivity contribution in [3.05, 3.63) is 0 Å². The van der Waals surface area contributed by atoms with E-state index in [1.165, 1.54) is 13.8 Å². The molecule has 0 bridgehead atoms. The van der Waals surface area contributed by atoms with Gasteiger partial charge in [0.15, 0.2) is 0 Å². The fraction of sp³-hybridized carbons (Fsp3) is 0.800. The number of hydrogen-bond donors (Lipinski definition) is 2. The lowest BCUT2D eigenvalue weighted by atomic mass is 10.0. The number of likely N-dealkylation sites (tertiary alicyclic amines) is 1. The molecule has 1 unspecified atom stereocenters. The van der Waals surface area contributed by atoms with E-state index in [1.807, 2.05) is 7.05 Å². The molecule has 1 amide bonds. The zero-order valence-electron chi connectivity index (χ0n) is 9.41. The normalized spacial score (nSPS) is 22.7. The standard InChI is InChI=1S/C10H18N2O3/c1-10(2,9(14)15)11-8(13)7-4-5-12(3)6-7/h7H,4-6H2,1-3H3,(H,11,13)(H,14,15). The zero-order chi connectivity index (χ0) is 11.6. The Balaban J connectivity index is 2.52. The van der Waals surface area contributed by atoms with E-state index in [0.717, 1.165) is 13.0 Å². The van der Waals surface area contributed by atoms with Gasteiger partial charge in [0.2, 0.25) is 5.91 Å². The second-order valence-electron chi connectivity index (χ2n) is 4.67. The topological polar surface area (TPSA) is 69.6 Å². The maximum atomic E-state index is 11.7. The summed E-state index contributed by atoms with van der Waals surface area (Å²) in [6.45, 7) is 4.59. The molecule has 86 valence electrons. The van der Waals surface area contributed by atoms with Gasteiger partial charge in [-0.3, -0.25) is 4.79 Å². The lowest BCUT2D eigenvalue weighted by molar-refractivity contribution is -0.146. The fourth-order valence-corrected chi connectivity index (χ4v) is 1.61. The van der Waals surface area contributed by atoms with Gasteiger partial charge in [-0.15, -0.1) is 0 Å². The van der Waals surface area contributed by atoms with Crippen molar-refractivity contribution in [2.24, 2.45) is 5.92 Å². The molecule has 0 spiro atoms. The van der Waals surface area contributed by atoms with Crippen LogP contribution in [0.1, 0.15) is 20.3 Å². The van der Waals surface area contributed by atoms with Gasteiger partial charge < -0.3 is 15.3 Å². The average Bonchev–Trinajstić information content (AvgIpc) is 2.50. The first kappa shape index (κ1) is 12.0. The molecule has 1 saturated heterocycles. The van der Waals surface area contributed by atoms with Gasteiger partial charge >= 0.3 is 5.97 Å². The van der Waals surface area contributed by atoms with Crippen LogP contribution in [0.25, 0.3) is 0 Å². The number of carboxylic acid groups (broad SMARTS) is 1. The molecule has 1 atom stereocenters. The summed E-state index contributed by atoms with van der Waals surface area (Å²) in [6, 6.07) is 0. The molecule has 5 heteroatoms. The number of nitrogens with one attached hydrogen (secondary N) is 1. The number of carboxylic acids is 1. The molecule has 0 aliphatic carbocycles. The molecule has 0 aromatic rings. The van der Waals surface area contributed by atoms with Crippen LogP contribution in [0.3, 0.4) is 0 Å². The minimum atomic E-state index is -1.18. The van der Waals surface area contributed by atoms with Gasteiger partial charge in [-0.2, -0.15) is 0 Å². The number of amides is 1. The largest absolute Gasteiger partial charge is 0.480 e. The van der Waals surface area contributed by atoms with E-state index in [2.05, 4.69) is 10.2 Å². The minimum Gasteiger partial charge on any atom is -0.480 e. The molecule has 2 N–H and O–H groups in total. The third-order valence-corrected chi connectivity index (χ3v) is 2.73. The first-order valence-corrected chi connectivity index (χ1v) is 5.07. The Hall–Kier alpha value is -1.10. The quantitative estimate of drug-likeness (QED) is 0.689. The second-order valence-corrected chi connectivity index (χ2v) is 4.67. The van der Waals surface area contributed by atoms with Crippen molar-refractivity contribution in [3.63, 3.8) is 0 Å². The third kappa shape index (κ3) is 2.92. The van der Waals surface area contributed by atoms with E-state index in [1.54, 1.807) is 0 Å². The van der Waals surface area contributed by atoms with Crippen LogP contribution in [0.5, 0.6) is 0 Å². The molecular formula is C10H18N2O3. The average molecular weight is 214 g/mol. The Bertz CT molecular complexity index is 276. The highest BCUT2D eigenvalue weighted by Crippen LogP contribution is 2.15. The summed E-state index contributed by atoms with van der Waals surface area (Å²) < 4.78 is 0. The molecule has 15 heavy (non-hydrogen) atoms. The Kier molecular flexibility index (Phi) is 3.34. The van der Waals surface area contributed by atoms with Gasteiger partial charge in [-0.1, -0.05) is 0 Å². The number of rotatable bonds is 3. The van der Waals surface area contributed by atoms with Crippen molar-refractivity contribution in [2.45, 2.75) is 25.8 Å². The number of carbonyl (C=O) groups excluding carboxylic acids is 1. The number of hydrogen-bond acceptors (Lipinski definition) is 3. The highest BCUT2D eigenvalue weighted by atomic mass is 16.4. The first-order chi connectivity index (χ1) is 6.83. The molecule has 1 heterocycles. The molecule has 0 aromatic heterocycles. The molecule has 1 aliphatic rings. The molecule has 5 nitrogen and oxygen atoms in total. The fourth-order valence-electron chi connectivity index (χ4n) is 1.61. The SMILES string of the molecule is CN1CCC(C(=O)NC(C)(C)C(=O)O)C1. The summed E-state index contributed by atoms with van der Waals surface area (Å²) in [5, 5.41) is 11.4. The second kappa shape index (κ2) is 4.18. The van der Waals surface area contributed by atoms with Gasteiger partial charge in [0.05, 0.1) is 5.92 Å². The van der Waals surface area contributed by atoms with Crippen molar-refractivity contribution >= 4 is 11.9 Å². The van der Waals surface area contributed by atoms with E-state index in [-0.39, 0.29) is 11.8 Å². The van der Waals surface area contributed by atoms with Crippen molar-refractivity contribution in [2.75, 3.05) is 20.1 Å². The molecule has 1 aliphatic heterocycles. The molecular weight excluding hydrogens is 196 g/mol. The Morgan fingerprint density at radius 2 is 2.07 bits per heavy atom. The van der Waals surface area contributed by atoms with Gasteiger partial charge in [0, 0.05) is 6.54 Å². The van der Waals surface area contributed by atoms with Crippen LogP contribution in [0, 0.1) is 5.92 Å². The summed E-state index contributed by atoms with van der Waals surface area (Å²) in [5.74, 6) is -1.25. The predicted octanol–water partition coefficient (Wildman–Crippen LogP) is -0.0825. The first-order valence-electron chi connectivity index (χ1n) is 5.07. The van der Waals surface area contributed by atoms with Gasteiger partial charge in [0.25, 0.3) is 0 Å². The summed E-state index contributed by atoms with van der Waals surface area (Å²) in [5.41, 5.74) is -1.18. The molecule has 0 aromatic carbocycles. The predicted molar refractivity (Wildman–Crippen MR) is 55.5 cm³/mol. The molecule has 0 radical (unpaired) electrons. The number of carbonyl (C=O) groups is 2. The highest BCUT2D eigenvalue weighted by Gasteiger charge is 2.33. The van der Waals surface area contributed by atoms with E-state index < -0.39 is 11.5 Å². The minimum absolute atomic E-state index is 0.0753. The van der Waals surface area contributed by atoms with Gasteiger partial charge in [0.1, 0.15) is 5.54 Å². The Morgan fingerprint density at radius 1 is 1.47 bits per heavy atom. The van der Waals surface area contributed by atoms with Crippen molar-refractivity contribution in [3.8, 4) is 0 Å². The maximum absolute atomic E-state index is 11.7. The monoisotopic (exact) mass is 214 g/mol. The van der Waals surface area contributed by atoms with Crippen LogP contribution >= 0.6 is 0 Å². The summed E-state index contributed by atoms with van der Waals surface area (Å²) in [4.78, 5) is 24.6. The van der Waals surface area contributed by atoms with Crippen LogP contribution in [0.2, 0.25) is 0 Å². The van der Waals surface area contributed by atoms with E-state index in [4.69, 9.17) is 5.11 Å². The third-order valence-electron chi connectivity index (χ3n) is 2.73. The summed E-state index contributed by atoms with van der Waals surface area (Å²) in [6.07, 6.45) is 0.804. The van der Waals surface area contributed by atoms with Crippen LogP contribution < -0.4 is 5.32 Å².